The Morgan fingerprint density at radius 2 is 1.80 bits per heavy atom. The monoisotopic (exact) mass is 458 g/mol. The summed E-state index contributed by atoms with van der Waals surface area (Å²) in [5.41, 5.74) is -1.90. The highest BCUT2D eigenvalue weighted by molar-refractivity contribution is 9.10. The number of nitrogens with one attached hydrogen (secondary N) is 1. The molecule has 0 unspecified atom stereocenters. The molecule has 0 atom stereocenters. The van der Waals surface area contributed by atoms with E-state index in [4.69, 9.17) is 11.6 Å². The Labute approximate surface area is 152 Å². The van der Waals surface area contributed by atoms with E-state index >= 15 is 0 Å². The molecule has 0 heterocycles. The van der Waals surface area contributed by atoms with E-state index in [0.717, 1.165) is 24.3 Å². The summed E-state index contributed by atoms with van der Waals surface area (Å²) in [6.07, 6.45) is -4.84. The molecule has 0 amide bonds. The van der Waals surface area contributed by atoms with Crippen molar-refractivity contribution in [2.24, 2.45) is 0 Å². The van der Waals surface area contributed by atoms with Gasteiger partial charge in [-0.25, -0.2) is 8.42 Å². The van der Waals surface area contributed by atoms with Crippen LogP contribution in [0.4, 0.5) is 24.5 Å². The number of benzene rings is 2. The fourth-order valence-corrected chi connectivity index (χ4v) is 3.60. The lowest BCUT2D eigenvalue weighted by Crippen LogP contribution is -2.15. The summed E-state index contributed by atoms with van der Waals surface area (Å²) >= 11 is 8.47. The van der Waals surface area contributed by atoms with Crippen molar-refractivity contribution in [3.05, 3.63) is 61.6 Å². The number of anilines is 1. The first-order chi connectivity index (χ1) is 11.4. The highest BCUT2D eigenvalue weighted by atomic mass is 79.9. The van der Waals surface area contributed by atoms with Crippen molar-refractivity contribution in [2.75, 3.05) is 4.72 Å². The highest BCUT2D eigenvalue weighted by Crippen LogP contribution is 2.36. The Morgan fingerprint density at radius 3 is 2.36 bits per heavy atom. The fraction of sp³-hybridized carbons (Fsp3) is 0.0769. The van der Waals surface area contributed by atoms with Gasteiger partial charge in [0.2, 0.25) is 0 Å². The van der Waals surface area contributed by atoms with Crippen molar-refractivity contribution in [2.45, 2.75) is 11.1 Å². The standard InChI is InChI=1S/C13H7BrClF3N2O4S/c14-10-3-1-7(20(21)22)5-12(10)19-25(23,24)8-2-4-11(15)9(6-8)13(16,17)18/h1-6,19H. The van der Waals surface area contributed by atoms with Crippen molar-refractivity contribution in [1.82, 2.24) is 0 Å². The molecule has 0 aliphatic heterocycles. The minimum Gasteiger partial charge on any atom is -0.278 e. The molecule has 0 saturated carbocycles. The zero-order valence-electron chi connectivity index (χ0n) is 11.8. The van der Waals surface area contributed by atoms with Crippen LogP contribution >= 0.6 is 27.5 Å². The minimum atomic E-state index is -4.84. The fourth-order valence-electron chi connectivity index (χ4n) is 1.80. The first-order valence-corrected chi connectivity index (χ1v) is 8.91. The van der Waals surface area contributed by atoms with Crippen LogP contribution in [0.15, 0.2) is 45.8 Å². The third-order valence-corrected chi connectivity index (χ3v) is 5.34. The first kappa shape index (κ1) is 19.5. The van der Waals surface area contributed by atoms with Crippen molar-refractivity contribution in [3.8, 4) is 0 Å². The second kappa shape index (κ2) is 6.81. The molecular formula is C13H7BrClF3N2O4S. The number of nitro groups is 1. The number of rotatable bonds is 4. The third kappa shape index (κ3) is 4.41. The Morgan fingerprint density at radius 1 is 1.16 bits per heavy atom. The predicted octanol–water partition coefficient (Wildman–Crippen LogP) is 4.83. The van der Waals surface area contributed by atoms with Crippen LogP contribution in [0.5, 0.6) is 0 Å². The quantitative estimate of drug-likeness (QED) is 0.524. The van der Waals surface area contributed by atoms with Crippen molar-refractivity contribution in [3.63, 3.8) is 0 Å². The van der Waals surface area contributed by atoms with E-state index in [1.54, 1.807) is 0 Å². The van der Waals surface area contributed by atoms with Crippen molar-refractivity contribution in [1.29, 1.82) is 0 Å². The SMILES string of the molecule is O=[N+]([O-])c1ccc(Br)c(NS(=O)(=O)c2ccc(Cl)c(C(F)(F)F)c2)c1. The number of nitro benzene ring substituents is 1. The molecule has 0 bridgehead atoms. The van der Waals surface area contributed by atoms with Crippen LogP contribution in [0.3, 0.4) is 0 Å². The zero-order chi connectivity index (χ0) is 19.0. The number of nitrogens with zero attached hydrogens (tertiary/aromatic N) is 1. The van der Waals surface area contributed by atoms with Gasteiger partial charge in [0.25, 0.3) is 15.7 Å². The molecule has 134 valence electrons. The van der Waals surface area contributed by atoms with Gasteiger partial charge < -0.3 is 0 Å². The van der Waals surface area contributed by atoms with E-state index in [-0.39, 0.29) is 10.2 Å². The van der Waals surface area contributed by atoms with Crippen LogP contribution in [0, 0.1) is 10.1 Å². The number of alkyl halides is 3. The molecule has 0 aliphatic carbocycles. The van der Waals surface area contributed by atoms with Gasteiger partial charge in [-0.05, 0) is 40.2 Å². The molecule has 25 heavy (non-hydrogen) atoms. The molecule has 12 heteroatoms. The molecule has 6 nitrogen and oxygen atoms in total. The van der Waals surface area contributed by atoms with Gasteiger partial charge in [-0.3, -0.25) is 14.8 Å². The molecule has 0 aliphatic rings. The third-order valence-electron chi connectivity index (χ3n) is 2.96. The maximum Gasteiger partial charge on any atom is 0.417 e. The number of halogens is 5. The van der Waals surface area contributed by atoms with E-state index in [1.807, 2.05) is 4.72 Å². The normalized spacial score (nSPS) is 12.0. The van der Waals surface area contributed by atoms with E-state index in [1.165, 1.54) is 6.07 Å². The molecule has 1 N–H and O–H groups in total. The van der Waals surface area contributed by atoms with Gasteiger partial charge in [0.05, 0.1) is 26.1 Å². The second-order valence-corrected chi connectivity index (χ2v) is 7.61. The summed E-state index contributed by atoms with van der Waals surface area (Å²) in [4.78, 5) is 9.33. The molecule has 0 radical (unpaired) electrons. The Balaban J connectivity index is 2.47. The van der Waals surface area contributed by atoms with Gasteiger partial charge in [-0.15, -0.1) is 0 Å². The van der Waals surface area contributed by atoms with Crippen LogP contribution in [0.25, 0.3) is 0 Å². The van der Waals surface area contributed by atoms with E-state index in [2.05, 4.69) is 15.9 Å². The Hall–Kier alpha value is -1.85. The van der Waals surface area contributed by atoms with Crippen LogP contribution in [-0.4, -0.2) is 13.3 Å². The maximum atomic E-state index is 12.9. The van der Waals surface area contributed by atoms with E-state index in [0.29, 0.717) is 6.07 Å². The minimum absolute atomic E-state index is 0.173. The Bertz CT molecular complexity index is 951. The van der Waals surface area contributed by atoms with Gasteiger partial charge in [0.15, 0.2) is 0 Å². The van der Waals surface area contributed by atoms with Gasteiger partial charge >= 0.3 is 6.18 Å². The molecule has 2 aromatic carbocycles. The van der Waals surface area contributed by atoms with Crippen molar-refractivity contribution < 1.29 is 26.5 Å². The topological polar surface area (TPSA) is 89.3 Å². The lowest BCUT2D eigenvalue weighted by molar-refractivity contribution is -0.384. The second-order valence-electron chi connectivity index (χ2n) is 4.67. The highest BCUT2D eigenvalue weighted by Gasteiger charge is 2.34. The molecule has 0 aromatic heterocycles. The number of hydrogen-bond acceptors (Lipinski definition) is 4. The lowest BCUT2D eigenvalue weighted by atomic mass is 10.2. The van der Waals surface area contributed by atoms with Crippen LogP contribution < -0.4 is 4.72 Å². The predicted molar refractivity (Wildman–Crippen MR) is 88.1 cm³/mol. The van der Waals surface area contributed by atoms with E-state index in [9.17, 15) is 31.7 Å². The van der Waals surface area contributed by atoms with Gasteiger partial charge in [-0.1, -0.05) is 11.6 Å². The average molecular weight is 460 g/mol. The number of sulfonamides is 1. The Kier molecular flexibility index (Phi) is 5.30. The van der Waals surface area contributed by atoms with Gasteiger partial charge in [0, 0.05) is 16.6 Å². The largest absolute Gasteiger partial charge is 0.417 e. The smallest absolute Gasteiger partial charge is 0.278 e. The average Bonchev–Trinajstić information content (AvgIpc) is 2.48. The van der Waals surface area contributed by atoms with Crippen molar-refractivity contribution >= 4 is 48.9 Å². The summed E-state index contributed by atoms with van der Waals surface area (Å²) < 4.78 is 65.4. The molecule has 2 rings (SSSR count). The summed E-state index contributed by atoms with van der Waals surface area (Å²) in [7, 11) is -4.44. The lowest BCUT2D eigenvalue weighted by Gasteiger charge is -2.13. The van der Waals surface area contributed by atoms with E-state index < -0.39 is 42.3 Å². The van der Waals surface area contributed by atoms with Crippen LogP contribution in [-0.2, 0) is 16.2 Å². The molecule has 0 fully saturated rings. The molecular weight excluding hydrogens is 453 g/mol. The summed E-state index contributed by atoms with van der Waals surface area (Å²) in [5.74, 6) is 0. The zero-order valence-corrected chi connectivity index (χ0v) is 15.0. The molecule has 0 spiro atoms. The summed E-state index contributed by atoms with van der Waals surface area (Å²) in [5, 5.41) is 10.1. The van der Waals surface area contributed by atoms with Gasteiger partial charge in [-0.2, -0.15) is 13.2 Å². The summed E-state index contributed by atoms with van der Waals surface area (Å²) in [6.45, 7) is 0. The molecule has 2 aromatic rings. The number of hydrogen-bond donors (Lipinski definition) is 1. The van der Waals surface area contributed by atoms with Gasteiger partial charge in [0.1, 0.15) is 0 Å². The van der Waals surface area contributed by atoms with Crippen LogP contribution in [0.2, 0.25) is 5.02 Å². The molecule has 0 saturated heterocycles. The maximum absolute atomic E-state index is 12.9. The summed E-state index contributed by atoms with van der Waals surface area (Å²) in [6, 6.07) is 5.38. The number of non-ortho nitro benzene ring substituents is 1. The van der Waals surface area contributed by atoms with Crippen LogP contribution in [0.1, 0.15) is 5.56 Å². The first-order valence-electron chi connectivity index (χ1n) is 6.25.